The molecule has 15 heteroatoms. The average molecular weight is 701 g/mol. The largest absolute Gasteiger partial charge is 0.508 e. The number of phenols is 1. The fourth-order valence-electron chi connectivity index (χ4n) is 5.86. The minimum Gasteiger partial charge on any atom is -0.508 e. The van der Waals surface area contributed by atoms with Crippen molar-refractivity contribution >= 4 is 35.4 Å². The van der Waals surface area contributed by atoms with E-state index >= 15 is 0 Å². The Morgan fingerprint density at radius 3 is 1.92 bits per heavy atom. The molecule has 2 unspecified atom stereocenters. The molecule has 2 atom stereocenters. The van der Waals surface area contributed by atoms with Gasteiger partial charge < -0.3 is 40.2 Å². The van der Waals surface area contributed by atoms with Crippen LogP contribution in [0.3, 0.4) is 0 Å². The number of aliphatic carboxylic acids is 2. The van der Waals surface area contributed by atoms with E-state index in [0.717, 1.165) is 16.7 Å². The molecule has 0 aliphatic carbocycles. The number of hydrogen-bond donors (Lipinski definition) is 5. The Labute approximate surface area is 290 Å². The number of hydrogen-bond acceptors (Lipinski definition) is 10. The topological polar surface area (TPSA) is 206 Å². The first-order valence-corrected chi connectivity index (χ1v) is 16.1. The van der Waals surface area contributed by atoms with Gasteiger partial charge in [-0.15, -0.1) is 0 Å². The van der Waals surface area contributed by atoms with Crippen molar-refractivity contribution in [2.75, 3.05) is 23.8 Å². The summed E-state index contributed by atoms with van der Waals surface area (Å²) in [5.74, 6) is 0.393. The number of aromatic hydroxyl groups is 1. The fraction of sp³-hybridized carbons (Fsp3) is 0.278. The van der Waals surface area contributed by atoms with E-state index in [1.807, 2.05) is 0 Å². The lowest BCUT2D eigenvalue weighted by Gasteiger charge is -2.23. The van der Waals surface area contributed by atoms with Crippen LogP contribution in [-0.2, 0) is 44.9 Å². The number of halogens is 1. The zero-order valence-corrected chi connectivity index (χ0v) is 27.1. The number of carbonyl (C=O) groups is 4. The van der Waals surface area contributed by atoms with Gasteiger partial charge in [-0.25, -0.2) is 14.4 Å². The number of amides is 2. The van der Waals surface area contributed by atoms with Crippen LogP contribution in [0, 0.1) is 17.7 Å². The Morgan fingerprint density at radius 1 is 0.745 bits per heavy atom. The molecular weight excluding hydrogens is 667 g/mol. The second-order valence-corrected chi connectivity index (χ2v) is 12.1. The number of aromatic nitrogens is 2. The third kappa shape index (κ3) is 8.32. The van der Waals surface area contributed by atoms with E-state index in [9.17, 15) is 28.7 Å². The number of carbonyl (C=O) groups excluding carboxylic acids is 2. The Morgan fingerprint density at radius 2 is 1.29 bits per heavy atom. The number of carboxylic acids is 2. The summed E-state index contributed by atoms with van der Waals surface area (Å²) >= 11 is 0. The lowest BCUT2D eigenvalue weighted by atomic mass is 9.97. The molecule has 0 spiro atoms. The summed E-state index contributed by atoms with van der Waals surface area (Å²) in [4.78, 5) is 52.3. The Hall–Kier alpha value is -6.25. The summed E-state index contributed by atoms with van der Waals surface area (Å²) < 4.78 is 29.8. The molecule has 8 rings (SSSR count). The summed E-state index contributed by atoms with van der Waals surface area (Å²) in [6, 6.07) is 13.2. The van der Waals surface area contributed by atoms with Crippen molar-refractivity contribution < 1.29 is 53.1 Å². The molecule has 0 saturated carbocycles. The first-order valence-electron chi connectivity index (χ1n) is 16.1. The van der Waals surface area contributed by atoms with Crippen LogP contribution >= 0.6 is 0 Å². The number of nitrogens with zero attached hydrogens (tertiary/aromatic N) is 2. The van der Waals surface area contributed by atoms with Gasteiger partial charge >= 0.3 is 11.9 Å². The minimum atomic E-state index is -0.865. The summed E-state index contributed by atoms with van der Waals surface area (Å²) in [5.41, 5.74) is 2.94. The maximum atomic E-state index is 13.0. The van der Waals surface area contributed by atoms with E-state index in [0.29, 0.717) is 78.7 Å². The SMILES string of the molecule is O=C(O)C1COc2ccc(O)cc2C1.O=C1CCc2c(F)ccnc2N1.O=C1CCc2c(Oc3ccc4c(c3)CC(C(=O)O)CO4)ccnc2N1. The van der Waals surface area contributed by atoms with E-state index in [-0.39, 0.29) is 36.6 Å². The van der Waals surface area contributed by atoms with Crippen LogP contribution in [-0.4, -0.2) is 62.3 Å². The van der Waals surface area contributed by atoms with Crippen LogP contribution in [0.25, 0.3) is 0 Å². The molecule has 5 N–H and O–H groups in total. The number of carboxylic acid groups (broad SMARTS) is 2. The van der Waals surface area contributed by atoms with Crippen LogP contribution < -0.4 is 24.8 Å². The molecule has 0 radical (unpaired) electrons. The second kappa shape index (κ2) is 15.1. The van der Waals surface area contributed by atoms with Crippen molar-refractivity contribution in [3.05, 3.63) is 89.0 Å². The summed E-state index contributed by atoms with van der Waals surface area (Å²) in [6.07, 6.45) is 5.51. The van der Waals surface area contributed by atoms with Gasteiger partial charge in [-0.2, -0.15) is 0 Å². The monoisotopic (exact) mass is 700 g/mol. The van der Waals surface area contributed by atoms with Crippen molar-refractivity contribution in [1.82, 2.24) is 9.97 Å². The number of pyridine rings is 2. The Kier molecular flexibility index (Phi) is 10.3. The molecule has 0 fully saturated rings. The number of phenolic OH excluding ortho intramolecular Hbond substituents is 1. The molecule has 2 aromatic heterocycles. The zero-order valence-electron chi connectivity index (χ0n) is 27.1. The lowest BCUT2D eigenvalue weighted by molar-refractivity contribution is -0.144. The van der Waals surface area contributed by atoms with Crippen molar-refractivity contribution in [2.24, 2.45) is 11.8 Å². The zero-order chi connectivity index (χ0) is 36.1. The Bertz CT molecular complexity index is 2000. The number of benzene rings is 2. The normalized spacial score (nSPS) is 18.0. The maximum Gasteiger partial charge on any atom is 0.310 e. The van der Waals surface area contributed by atoms with Crippen LogP contribution in [0.15, 0.2) is 60.9 Å². The molecule has 264 valence electrons. The van der Waals surface area contributed by atoms with Gasteiger partial charge in [0.2, 0.25) is 11.8 Å². The molecule has 0 saturated heterocycles. The highest BCUT2D eigenvalue weighted by Gasteiger charge is 2.27. The molecule has 0 bridgehead atoms. The Balaban J connectivity index is 0.000000145. The van der Waals surface area contributed by atoms with Gasteiger partial charge in [0.25, 0.3) is 0 Å². The number of ether oxygens (including phenoxy) is 3. The van der Waals surface area contributed by atoms with E-state index in [4.69, 9.17) is 24.4 Å². The van der Waals surface area contributed by atoms with Gasteiger partial charge in [-0.05, 0) is 85.3 Å². The van der Waals surface area contributed by atoms with Crippen LogP contribution in [0.2, 0.25) is 0 Å². The van der Waals surface area contributed by atoms with E-state index < -0.39 is 23.8 Å². The molecule has 2 aromatic carbocycles. The number of anilines is 2. The van der Waals surface area contributed by atoms with Crippen LogP contribution in [0.1, 0.15) is 35.1 Å². The highest BCUT2D eigenvalue weighted by atomic mass is 19.1. The van der Waals surface area contributed by atoms with Crippen LogP contribution in [0.4, 0.5) is 16.0 Å². The third-order valence-electron chi connectivity index (χ3n) is 8.55. The summed E-state index contributed by atoms with van der Waals surface area (Å²) in [7, 11) is 0. The van der Waals surface area contributed by atoms with Gasteiger partial charge in [-0.1, -0.05) is 0 Å². The molecule has 14 nitrogen and oxygen atoms in total. The van der Waals surface area contributed by atoms with Gasteiger partial charge in [0, 0.05) is 36.4 Å². The van der Waals surface area contributed by atoms with Crippen LogP contribution in [0.5, 0.6) is 28.7 Å². The molecular formula is C36H33FN4O10. The average Bonchev–Trinajstić information content (AvgIpc) is 3.11. The predicted octanol–water partition coefficient (Wildman–Crippen LogP) is 4.53. The highest BCUT2D eigenvalue weighted by Crippen LogP contribution is 2.36. The molecule has 4 aromatic rings. The highest BCUT2D eigenvalue weighted by molar-refractivity contribution is 5.93. The van der Waals surface area contributed by atoms with E-state index in [1.54, 1.807) is 42.6 Å². The first kappa shape index (κ1) is 34.6. The van der Waals surface area contributed by atoms with Gasteiger partial charge in [0.05, 0.1) is 11.8 Å². The van der Waals surface area contributed by atoms with Gasteiger partial charge in [-0.3, -0.25) is 19.2 Å². The molecule has 51 heavy (non-hydrogen) atoms. The lowest BCUT2D eigenvalue weighted by Crippen LogP contribution is -2.27. The molecule has 4 aliphatic rings. The van der Waals surface area contributed by atoms with Crippen molar-refractivity contribution in [2.45, 2.75) is 38.5 Å². The quantitative estimate of drug-likeness (QED) is 0.199. The van der Waals surface area contributed by atoms with E-state index in [1.165, 1.54) is 18.3 Å². The standard InChI is InChI=1S/C18H16N2O5.C10H10O4.C8H7FN2O/c21-16-4-2-13-15(5-6-19-17(13)20-16)25-12-1-3-14-10(8-12)7-11(9-24-14)18(22)23;11-8-1-2-9-6(4-8)3-7(5-14-9)10(12)13;9-6-3-4-10-8-5(6)1-2-7(12)11-8/h1,3,5-6,8,11H,2,4,7,9H2,(H,22,23)(H,19,20,21);1-2,4,7,11H,3,5H2,(H,12,13);3-4H,1-2H2,(H,10,11,12). The fourth-order valence-corrected chi connectivity index (χ4v) is 5.86. The maximum absolute atomic E-state index is 13.0. The molecule has 6 heterocycles. The van der Waals surface area contributed by atoms with Gasteiger partial charge in [0.1, 0.15) is 59.4 Å². The van der Waals surface area contributed by atoms with E-state index in [2.05, 4.69) is 20.6 Å². The van der Waals surface area contributed by atoms with Crippen molar-refractivity contribution in [3.63, 3.8) is 0 Å². The third-order valence-corrected chi connectivity index (χ3v) is 8.55. The van der Waals surface area contributed by atoms with Gasteiger partial charge in [0.15, 0.2) is 0 Å². The van der Waals surface area contributed by atoms with Crippen molar-refractivity contribution in [3.8, 4) is 28.7 Å². The minimum absolute atomic E-state index is 0.0530. The smallest absolute Gasteiger partial charge is 0.310 e. The summed E-state index contributed by atoms with van der Waals surface area (Å²) in [5, 5.41) is 32.4. The predicted molar refractivity (Wildman–Crippen MR) is 178 cm³/mol. The molecule has 2 amide bonds. The molecule has 4 aliphatic heterocycles. The number of nitrogens with one attached hydrogen (secondary N) is 2. The second-order valence-electron chi connectivity index (χ2n) is 12.1. The first-order chi connectivity index (χ1) is 24.5. The summed E-state index contributed by atoms with van der Waals surface area (Å²) in [6.45, 7) is 0.382. The number of fused-ring (bicyclic) bond motifs is 4. The van der Waals surface area contributed by atoms with Crippen molar-refractivity contribution in [1.29, 1.82) is 0 Å². The number of rotatable bonds is 4.